The number of halogens is 1. The number of carbonyl (C=O) groups is 1. The Morgan fingerprint density at radius 3 is 2.72 bits per heavy atom. The fraction of sp³-hybridized carbons (Fsp3) is 0.455. The number of anilines is 2. The van der Waals surface area contributed by atoms with Crippen LogP contribution in [0, 0.1) is 0 Å². The standard InChI is InChI=1S/C22H28ClN7O2/c1-21(2,3)32-20(31)27-22(4)8-10-30(11-9-22)15-12-25-18-17(28-29-19(18)26-15)13-6-5-7-14(24)16(13)23/h5-7,12H,8-11,24H2,1-4H3,(H,27,31)(H,26,28,29). The molecule has 0 unspecified atom stereocenters. The summed E-state index contributed by atoms with van der Waals surface area (Å²) in [6, 6.07) is 5.45. The minimum absolute atomic E-state index is 0.333. The van der Waals surface area contributed by atoms with Crippen molar-refractivity contribution in [2.45, 2.75) is 51.7 Å². The molecular formula is C22H28ClN7O2. The van der Waals surface area contributed by atoms with Crippen molar-refractivity contribution in [3.05, 3.63) is 29.4 Å². The van der Waals surface area contributed by atoms with E-state index in [2.05, 4.69) is 30.4 Å². The first-order valence-electron chi connectivity index (χ1n) is 10.6. The molecule has 2 aromatic heterocycles. The SMILES string of the molecule is CC1(NC(=O)OC(C)(C)C)CCN(c2cnc3c(-c4cccc(N)c4Cl)[nH]nc3n2)CC1. The minimum Gasteiger partial charge on any atom is -0.444 e. The van der Waals surface area contributed by atoms with Gasteiger partial charge in [-0.15, -0.1) is 0 Å². The number of nitrogens with zero attached hydrogens (tertiary/aromatic N) is 4. The fourth-order valence-corrected chi connectivity index (χ4v) is 3.99. The van der Waals surface area contributed by atoms with Crippen LogP contribution in [0.4, 0.5) is 16.3 Å². The van der Waals surface area contributed by atoms with Gasteiger partial charge in [0.05, 0.1) is 22.6 Å². The molecule has 10 heteroatoms. The summed E-state index contributed by atoms with van der Waals surface area (Å²) in [5, 5.41) is 10.8. The minimum atomic E-state index is -0.524. The number of carbonyl (C=O) groups excluding carboxylic acids is 1. The number of nitrogen functional groups attached to an aromatic ring is 1. The Hall–Kier alpha value is -3.07. The van der Waals surface area contributed by atoms with Gasteiger partial charge in [0.15, 0.2) is 0 Å². The maximum atomic E-state index is 12.2. The number of amides is 1. The molecule has 4 rings (SSSR count). The van der Waals surface area contributed by atoms with E-state index >= 15 is 0 Å². The van der Waals surface area contributed by atoms with Gasteiger partial charge < -0.3 is 20.7 Å². The number of nitrogens with two attached hydrogens (primary N) is 1. The lowest BCUT2D eigenvalue weighted by Crippen LogP contribution is -2.54. The van der Waals surface area contributed by atoms with E-state index in [0.29, 0.717) is 27.6 Å². The lowest BCUT2D eigenvalue weighted by Gasteiger charge is -2.40. The molecule has 1 saturated heterocycles. The highest BCUT2D eigenvalue weighted by Gasteiger charge is 2.33. The molecule has 1 aliphatic heterocycles. The van der Waals surface area contributed by atoms with Crippen molar-refractivity contribution in [1.82, 2.24) is 25.5 Å². The van der Waals surface area contributed by atoms with E-state index in [1.807, 2.05) is 39.8 Å². The zero-order chi connectivity index (χ0) is 23.1. The van der Waals surface area contributed by atoms with Crippen LogP contribution in [0.5, 0.6) is 0 Å². The third-order valence-electron chi connectivity index (χ3n) is 5.54. The van der Waals surface area contributed by atoms with Crippen LogP contribution in [0.3, 0.4) is 0 Å². The van der Waals surface area contributed by atoms with E-state index in [9.17, 15) is 4.79 Å². The van der Waals surface area contributed by atoms with Gasteiger partial charge in [-0.1, -0.05) is 23.7 Å². The Labute approximate surface area is 191 Å². The summed E-state index contributed by atoms with van der Waals surface area (Å²) in [4.78, 5) is 23.6. The predicted octanol–water partition coefficient (Wildman–Crippen LogP) is 4.14. The van der Waals surface area contributed by atoms with E-state index in [0.717, 1.165) is 37.3 Å². The number of alkyl carbamates (subject to hydrolysis) is 1. The number of aromatic amines is 1. The Balaban J connectivity index is 1.48. The summed E-state index contributed by atoms with van der Waals surface area (Å²) in [5.74, 6) is 0.744. The number of fused-ring (bicyclic) bond motifs is 1. The smallest absolute Gasteiger partial charge is 0.408 e. The van der Waals surface area contributed by atoms with E-state index in [-0.39, 0.29) is 11.6 Å². The molecule has 1 amide bonds. The predicted molar refractivity (Wildman–Crippen MR) is 126 cm³/mol. The van der Waals surface area contributed by atoms with Gasteiger partial charge in [-0.2, -0.15) is 5.10 Å². The van der Waals surface area contributed by atoms with Gasteiger partial charge >= 0.3 is 6.09 Å². The van der Waals surface area contributed by atoms with Gasteiger partial charge in [0, 0.05) is 24.2 Å². The summed E-state index contributed by atoms with van der Waals surface area (Å²) in [6.07, 6.45) is 2.87. The number of H-pyrrole nitrogens is 1. The van der Waals surface area contributed by atoms with Crippen molar-refractivity contribution >= 4 is 40.4 Å². The molecule has 0 aliphatic carbocycles. The molecule has 3 aromatic rings. The maximum Gasteiger partial charge on any atom is 0.408 e. The molecule has 4 N–H and O–H groups in total. The normalized spacial score (nSPS) is 16.2. The van der Waals surface area contributed by atoms with Crippen LogP contribution in [0.2, 0.25) is 5.02 Å². The van der Waals surface area contributed by atoms with Crippen molar-refractivity contribution in [2.24, 2.45) is 0 Å². The molecule has 0 atom stereocenters. The van der Waals surface area contributed by atoms with Gasteiger partial charge in [0.2, 0.25) is 5.65 Å². The van der Waals surface area contributed by atoms with Crippen molar-refractivity contribution in [3.8, 4) is 11.3 Å². The fourth-order valence-electron chi connectivity index (χ4n) is 3.77. The summed E-state index contributed by atoms with van der Waals surface area (Å²) >= 11 is 6.37. The molecule has 9 nitrogen and oxygen atoms in total. The third kappa shape index (κ3) is 4.57. The lowest BCUT2D eigenvalue weighted by molar-refractivity contribution is 0.0448. The highest BCUT2D eigenvalue weighted by molar-refractivity contribution is 6.36. The molecule has 1 fully saturated rings. The van der Waals surface area contributed by atoms with Crippen LogP contribution in [-0.4, -0.2) is 50.5 Å². The van der Waals surface area contributed by atoms with Gasteiger partial charge in [0.1, 0.15) is 16.9 Å². The second-order valence-corrected chi connectivity index (χ2v) is 9.76. The quantitative estimate of drug-likeness (QED) is 0.505. The molecule has 0 saturated carbocycles. The number of aromatic nitrogens is 4. The Kier molecular flexibility index (Phi) is 5.62. The van der Waals surface area contributed by atoms with Crippen LogP contribution in [0.25, 0.3) is 22.4 Å². The van der Waals surface area contributed by atoms with Crippen LogP contribution >= 0.6 is 11.6 Å². The molecule has 32 heavy (non-hydrogen) atoms. The van der Waals surface area contributed by atoms with Crippen molar-refractivity contribution in [1.29, 1.82) is 0 Å². The number of rotatable bonds is 3. The zero-order valence-corrected chi connectivity index (χ0v) is 19.5. The molecule has 3 heterocycles. The van der Waals surface area contributed by atoms with Gasteiger partial charge in [0.25, 0.3) is 0 Å². The van der Waals surface area contributed by atoms with Crippen molar-refractivity contribution in [2.75, 3.05) is 23.7 Å². The van der Waals surface area contributed by atoms with E-state index < -0.39 is 5.60 Å². The molecule has 0 spiro atoms. The van der Waals surface area contributed by atoms with Gasteiger partial charge in [-0.25, -0.2) is 14.8 Å². The Bertz CT molecular complexity index is 1150. The Morgan fingerprint density at radius 2 is 2.03 bits per heavy atom. The lowest BCUT2D eigenvalue weighted by atomic mass is 9.90. The van der Waals surface area contributed by atoms with E-state index in [4.69, 9.17) is 22.1 Å². The average molecular weight is 458 g/mol. The van der Waals surface area contributed by atoms with Gasteiger partial charge in [-0.05, 0) is 46.6 Å². The van der Waals surface area contributed by atoms with Crippen LogP contribution in [0.15, 0.2) is 24.4 Å². The molecule has 170 valence electrons. The van der Waals surface area contributed by atoms with Crippen LogP contribution in [0.1, 0.15) is 40.5 Å². The van der Waals surface area contributed by atoms with Crippen LogP contribution in [-0.2, 0) is 4.74 Å². The summed E-state index contributed by atoms with van der Waals surface area (Å²) in [5.41, 5.74) is 8.13. The van der Waals surface area contributed by atoms with Crippen molar-refractivity contribution in [3.63, 3.8) is 0 Å². The highest BCUT2D eigenvalue weighted by atomic mass is 35.5. The van der Waals surface area contributed by atoms with E-state index in [1.165, 1.54) is 0 Å². The zero-order valence-electron chi connectivity index (χ0n) is 18.7. The number of hydrogen-bond acceptors (Lipinski definition) is 7. The number of benzene rings is 1. The molecule has 1 aliphatic rings. The largest absolute Gasteiger partial charge is 0.444 e. The number of nitrogens with one attached hydrogen (secondary N) is 2. The third-order valence-corrected chi connectivity index (χ3v) is 5.97. The van der Waals surface area contributed by atoms with Gasteiger partial charge in [-0.3, -0.25) is 5.10 Å². The highest BCUT2D eigenvalue weighted by Crippen LogP contribution is 2.34. The number of ether oxygens (including phenoxy) is 1. The van der Waals surface area contributed by atoms with E-state index in [1.54, 1.807) is 12.3 Å². The summed E-state index contributed by atoms with van der Waals surface area (Å²) in [6.45, 7) is 9.06. The first-order chi connectivity index (χ1) is 15.0. The first-order valence-corrected chi connectivity index (χ1v) is 10.9. The number of piperidine rings is 1. The second-order valence-electron chi connectivity index (χ2n) is 9.38. The topological polar surface area (TPSA) is 122 Å². The molecular weight excluding hydrogens is 430 g/mol. The second kappa shape index (κ2) is 8.12. The maximum absolute atomic E-state index is 12.2. The Morgan fingerprint density at radius 1 is 1.31 bits per heavy atom. The molecule has 1 aromatic carbocycles. The van der Waals surface area contributed by atoms with Crippen molar-refractivity contribution < 1.29 is 9.53 Å². The first kappa shape index (κ1) is 22.1. The number of hydrogen-bond donors (Lipinski definition) is 3. The molecule has 0 radical (unpaired) electrons. The van der Waals surface area contributed by atoms with Crippen LogP contribution < -0.4 is 16.0 Å². The molecule has 0 bridgehead atoms. The monoisotopic (exact) mass is 457 g/mol. The summed E-state index contributed by atoms with van der Waals surface area (Å²) in [7, 11) is 0. The summed E-state index contributed by atoms with van der Waals surface area (Å²) < 4.78 is 5.40. The average Bonchev–Trinajstić information content (AvgIpc) is 3.12.